The zero-order valence-electron chi connectivity index (χ0n) is 35.8. The summed E-state index contributed by atoms with van der Waals surface area (Å²) in [4.78, 5) is 21.5. The number of furan rings is 2. The Bertz CT molecular complexity index is 2350. The van der Waals surface area contributed by atoms with Gasteiger partial charge in [-0.25, -0.2) is 0 Å². The van der Waals surface area contributed by atoms with Gasteiger partial charge in [-0.1, -0.05) is 111 Å². The minimum atomic E-state index is -0.337. The number of aryl methyl sites for hydroxylation is 2. The Balaban J connectivity index is 0.000000330. The summed E-state index contributed by atoms with van der Waals surface area (Å²) in [6, 6.07) is 16.6. The van der Waals surface area contributed by atoms with Gasteiger partial charge in [0.25, 0.3) is 0 Å². The molecule has 0 aliphatic rings. The van der Waals surface area contributed by atoms with Crippen molar-refractivity contribution in [2.75, 3.05) is 0 Å². The van der Waals surface area contributed by atoms with Crippen molar-refractivity contribution in [1.29, 1.82) is 0 Å². The summed E-state index contributed by atoms with van der Waals surface area (Å²) in [6.07, 6.45) is 11.3. The molecule has 0 spiro atoms. The van der Waals surface area contributed by atoms with Gasteiger partial charge in [-0.3, -0.25) is 14.8 Å². The van der Waals surface area contributed by atoms with E-state index in [1.807, 2.05) is 60.0 Å². The number of hydrogen-bond acceptors (Lipinski definition) is 6. The summed E-state index contributed by atoms with van der Waals surface area (Å²) >= 11 is 0. The molecule has 0 aliphatic heterocycles. The summed E-state index contributed by atoms with van der Waals surface area (Å²) in [5.41, 5.74) is 8.42. The number of nitrogens with zero attached hydrogens (tertiary/aromatic N) is 2. The van der Waals surface area contributed by atoms with Crippen LogP contribution in [0.3, 0.4) is 0 Å². The fourth-order valence-electron chi connectivity index (χ4n) is 7.22. The van der Waals surface area contributed by atoms with Gasteiger partial charge >= 0.3 is 0 Å². The fourth-order valence-corrected chi connectivity index (χ4v) is 7.22. The second-order valence-electron chi connectivity index (χ2n) is 17.3. The molecule has 6 rings (SSSR count). The van der Waals surface area contributed by atoms with E-state index in [9.17, 15) is 9.90 Å². The van der Waals surface area contributed by atoms with Gasteiger partial charge in [0, 0.05) is 65.2 Å². The summed E-state index contributed by atoms with van der Waals surface area (Å²) in [7, 11) is 0. The summed E-state index contributed by atoms with van der Waals surface area (Å²) in [5.74, 6) is 1.85. The smallest absolute Gasteiger partial charge is 0.219 e. The number of fused-ring (bicyclic) bond motifs is 3. The molecule has 6 nitrogen and oxygen atoms in total. The largest absolute Gasteiger partial charge is 0.512 e. The maximum absolute atomic E-state index is 12.2. The minimum Gasteiger partial charge on any atom is -0.512 e. The normalized spacial score (nSPS) is 12.6. The molecule has 0 bridgehead atoms. The molecule has 56 heavy (non-hydrogen) atoms. The van der Waals surface area contributed by atoms with Crippen molar-refractivity contribution in [2.24, 2.45) is 16.7 Å². The predicted octanol–water partition coefficient (Wildman–Crippen LogP) is 14.0. The number of allylic oxidation sites excluding steroid dienone is 2. The van der Waals surface area contributed by atoms with Gasteiger partial charge < -0.3 is 13.9 Å². The number of ketones is 1. The number of aliphatic hydroxyl groups excluding tert-OH is 1. The van der Waals surface area contributed by atoms with Crippen molar-refractivity contribution >= 4 is 38.6 Å². The first-order chi connectivity index (χ1) is 25.9. The first-order valence-corrected chi connectivity index (χ1v) is 20.1. The molecule has 0 saturated heterocycles. The molecule has 6 aromatic rings. The number of benzene rings is 2. The number of carbonyl (C=O) groups excluding carboxylic acids is 1. The van der Waals surface area contributed by atoms with Gasteiger partial charge in [0.1, 0.15) is 17.1 Å². The van der Waals surface area contributed by atoms with Crippen LogP contribution in [0.5, 0.6) is 0 Å². The van der Waals surface area contributed by atoms with Crippen LogP contribution in [0.15, 0.2) is 75.7 Å². The van der Waals surface area contributed by atoms with Crippen LogP contribution < -0.4 is 0 Å². The average molecular weight is 934 g/mol. The van der Waals surface area contributed by atoms with Crippen molar-refractivity contribution in [2.45, 2.75) is 128 Å². The van der Waals surface area contributed by atoms with Crippen LogP contribution in [0.4, 0.5) is 0 Å². The third-order valence-corrected chi connectivity index (χ3v) is 12.0. The topological polar surface area (TPSA) is 89.4 Å². The van der Waals surface area contributed by atoms with Crippen LogP contribution in [-0.4, -0.2) is 20.9 Å². The second kappa shape index (κ2) is 17.6. The van der Waals surface area contributed by atoms with Crippen LogP contribution in [0.25, 0.3) is 55.2 Å². The van der Waals surface area contributed by atoms with Crippen LogP contribution in [0.2, 0.25) is 0 Å². The third kappa shape index (κ3) is 9.05. The van der Waals surface area contributed by atoms with Crippen molar-refractivity contribution in [3.63, 3.8) is 0 Å². The van der Waals surface area contributed by atoms with E-state index in [0.717, 1.165) is 87.6 Å². The Morgan fingerprint density at radius 2 is 1.57 bits per heavy atom. The molecule has 301 valence electrons. The molecule has 0 amide bonds. The first kappa shape index (κ1) is 44.7. The molecular weight excluding hydrogens is 873 g/mol. The van der Waals surface area contributed by atoms with E-state index >= 15 is 0 Å². The number of aromatic nitrogens is 2. The maximum Gasteiger partial charge on any atom is 0.219 e. The predicted molar refractivity (Wildman–Crippen MR) is 229 cm³/mol. The fraction of sp³-hybridized carbons (Fsp3) is 0.449. The van der Waals surface area contributed by atoms with Gasteiger partial charge in [-0.2, -0.15) is 0 Å². The van der Waals surface area contributed by atoms with Crippen LogP contribution in [0.1, 0.15) is 124 Å². The number of hydrogen-bond donors (Lipinski definition) is 1. The average Bonchev–Trinajstić information content (AvgIpc) is 3.69. The van der Waals surface area contributed by atoms with Crippen LogP contribution in [-0.2, 0) is 36.7 Å². The Hall–Kier alpha value is -4.06. The maximum atomic E-state index is 12.2. The van der Waals surface area contributed by atoms with E-state index < -0.39 is 0 Å². The van der Waals surface area contributed by atoms with Gasteiger partial charge in [0.15, 0.2) is 5.78 Å². The van der Waals surface area contributed by atoms with E-state index in [1.165, 1.54) is 22.6 Å². The zero-order valence-corrected chi connectivity index (χ0v) is 38.2. The first-order valence-electron chi connectivity index (χ1n) is 20.1. The van der Waals surface area contributed by atoms with E-state index in [1.54, 1.807) is 6.26 Å². The van der Waals surface area contributed by atoms with E-state index in [4.69, 9.17) is 13.8 Å². The number of rotatable bonds is 11. The van der Waals surface area contributed by atoms with Crippen LogP contribution in [0, 0.1) is 36.7 Å². The molecule has 4 aromatic heterocycles. The molecule has 0 unspecified atom stereocenters. The van der Waals surface area contributed by atoms with Crippen molar-refractivity contribution in [3.05, 3.63) is 95.4 Å². The minimum absolute atomic E-state index is 0. The molecule has 0 aliphatic carbocycles. The second-order valence-corrected chi connectivity index (χ2v) is 17.3. The van der Waals surface area contributed by atoms with Crippen molar-refractivity contribution in [1.82, 2.24) is 9.97 Å². The number of aliphatic hydroxyl groups is 1. The van der Waals surface area contributed by atoms with E-state index in [-0.39, 0.29) is 47.9 Å². The van der Waals surface area contributed by atoms with Gasteiger partial charge in [-0.15, -0.1) is 23.6 Å². The third-order valence-electron chi connectivity index (χ3n) is 12.0. The van der Waals surface area contributed by atoms with Crippen molar-refractivity contribution in [3.8, 4) is 22.4 Å². The summed E-state index contributed by atoms with van der Waals surface area (Å²) in [5, 5.41) is 14.5. The molecule has 7 heteroatoms. The standard InChI is InChI=1S/C34H33N2O2.C15H28O2.Ir/c1-19(2)12-26-21(4)38-31-15-22(8-9-25(26)31)27-16-30(36-33-32(27)20(3)18-37-33)24-13-23-10-11-35-17-28(23)29(14-24)34(5,6)7;1-7-14(5,8-2)12(16)11-13(17)15(6,9-3)10-4;/h8-11,14-19H,12H2,1-7H3;11,16H,7-10H2,1-6H3;/q-1;;/b;12-11-;. The van der Waals surface area contributed by atoms with E-state index in [0.29, 0.717) is 11.6 Å². The molecule has 1 N–H and O–H groups in total. The Morgan fingerprint density at radius 3 is 2.18 bits per heavy atom. The number of carbonyl (C=O) groups is 1. The van der Waals surface area contributed by atoms with Gasteiger partial charge in [0.05, 0.1) is 6.26 Å². The summed E-state index contributed by atoms with van der Waals surface area (Å²) in [6.45, 7) is 27.4. The molecule has 0 fully saturated rings. The monoisotopic (exact) mass is 934 g/mol. The molecule has 0 atom stereocenters. The SMILES string of the molecule is CCC(C)(CC)C(=O)/C=C(\O)C(C)(CC)CC.Cc1oc2cc(-c3cc(-c4[c-]c5ccncc5c(C(C)(C)C)c4)nc4occ(C)c34)ccc2c1CC(C)C.[Ir]. The molecular formula is C49H61IrN2O4-. The van der Waals surface area contributed by atoms with Crippen molar-refractivity contribution < 1.29 is 38.8 Å². The molecule has 1 radical (unpaired) electrons. The molecule has 2 aromatic carbocycles. The molecule has 0 saturated carbocycles. The zero-order chi connectivity index (χ0) is 40.5. The molecule has 4 heterocycles. The van der Waals surface area contributed by atoms with Gasteiger partial charge in [-0.05, 0) is 86.2 Å². The van der Waals surface area contributed by atoms with E-state index in [2.05, 4.69) is 89.8 Å². The Morgan fingerprint density at radius 1 is 0.911 bits per heavy atom. The Labute approximate surface area is 347 Å². The number of pyridine rings is 2. The van der Waals surface area contributed by atoms with Gasteiger partial charge in [0.2, 0.25) is 5.71 Å². The quantitative estimate of drug-likeness (QED) is 0.0791. The summed E-state index contributed by atoms with van der Waals surface area (Å²) < 4.78 is 12.2. The Kier molecular flexibility index (Phi) is 14.0. The van der Waals surface area contributed by atoms with Crippen LogP contribution >= 0.6 is 0 Å².